The van der Waals surface area contributed by atoms with Gasteiger partial charge < -0.3 is 34.3 Å². The highest BCUT2D eigenvalue weighted by Gasteiger charge is 2.48. The van der Waals surface area contributed by atoms with Gasteiger partial charge in [-0.3, -0.25) is 9.35 Å². The van der Waals surface area contributed by atoms with Gasteiger partial charge in [0.25, 0.3) is 0 Å². The van der Waals surface area contributed by atoms with E-state index >= 15 is 0 Å². The van der Waals surface area contributed by atoms with Crippen molar-refractivity contribution in [2.75, 3.05) is 26.4 Å². The summed E-state index contributed by atoms with van der Waals surface area (Å²) in [7, 11) is -5.07. The van der Waals surface area contributed by atoms with Gasteiger partial charge in [0.15, 0.2) is 6.29 Å². The van der Waals surface area contributed by atoms with Crippen LogP contribution in [0.25, 0.3) is 0 Å². The van der Waals surface area contributed by atoms with Crippen molar-refractivity contribution in [3.8, 4) is 0 Å². The molecule has 0 radical (unpaired) electrons. The molecule has 0 aromatic rings. The Bertz CT molecular complexity index is 1400. The van der Waals surface area contributed by atoms with Crippen molar-refractivity contribution in [3.63, 3.8) is 0 Å². The summed E-state index contributed by atoms with van der Waals surface area (Å²) in [5.41, 5.74) is 0. The number of carbonyl (C=O) groups is 1. The Morgan fingerprint density at radius 3 is 1.63 bits per heavy atom. The molecule has 0 bridgehead atoms. The average Bonchev–Trinajstić information content (AvgIpc) is 3.24. The van der Waals surface area contributed by atoms with Gasteiger partial charge in [-0.25, -0.2) is 4.18 Å². The summed E-state index contributed by atoms with van der Waals surface area (Å²) >= 11 is 0. The molecule has 6 atom stereocenters. The van der Waals surface area contributed by atoms with Crippen LogP contribution < -0.4 is 0 Å². The summed E-state index contributed by atoms with van der Waals surface area (Å²) in [5.74, 6) is -0.424. The van der Waals surface area contributed by atoms with Gasteiger partial charge in [0.1, 0.15) is 30.5 Å². The zero-order valence-corrected chi connectivity index (χ0v) is 38.7. The molecule has 4 N–H and O–H groups in total. The topological polar surface area (TPSA) is 178 Å². The van der Waals surface area contributed by atoms with Crippen LogP contribution >= 0.6 is 0 Å². The predicted molar refractivity (Wildman–Crippen MR) is 248 cm³/mol. The van der Waals surface area contributed by atoms with E-state index in [1.807, 2.05) is 0 Å². The molecule has 1 rings (SSSR count). The molecule has 356 valence electrons. The SMILES string of the molecule is CC/C=C\C/C=C\C/C=C\C/C=C\C/C=C\CCCCCCCCOCC(COC1OC(CO)C(O)C(OS(=O)(=O)O)C1O)OC(=O)CCCCCCC/C=C\C/C=C\CCC. The van der Waals surface area contributed by atoms with Gasteiger partial charge in [0.05, 0.1) is 19.8 Å². The number of unbranched alkanes of at least 4 members (excludes halogenated alkanes) is 12. The highest BCUT2D eigenvalue weighted by atomic mass is 32.3. The largest absolute Gasteiger partial charge is 0.457 e. The molecular weight excluding hydrogens is 813 g/mol. The van der Waals surface area contributed by atoms with Crippen molar-refractivity contribution in [1.82, 2.24) is 0 Å². The van der Waals surface area contributed by atoms with Crippen LogP contribution in [-0.2, 0) is 38.3 Å². The first kappa shape index (κ1) is 57.3. The van der Waals surface area contributed by atoms with E-state index in [-0.39, 0.29) is 19.6 Å². The molecule has 0 saturated carbocycles. The maximum Gasteiger partial charge on any atom is 0.397 e. The van der Waals surface area contributed by atoms with E-state index in [2.05, 4.69) is 103 Å². The van der Waals surface area contributed by atoms with Crippen LogP contribution in [0.5, 0.6) is 0 Å². The normalized spacial score (nSPS) is 20.8. The number of aliphatic hydroxyl groups is 3. The maximum atomic E-state index is 12.8. The number of rotatable bonds is 39. The third kappa shape index (κ3) is 32.9. The molecule has 0 aromatic heterocycles. The summed E-state index contributed by atoms with van der Waals surface area (Å²) in [5, 5.41) is 30.7. The van der Waals surface area contributed by atoms with Gasteiger partial charge in [-0.05, 0) is 83.5 Å². The molecular formula is C49H82O12S. The van der Waals surface area contributed by atoms with Crippen LogP contribution in [0.2, 0.25) is 0 Å². The van der Waals surface area contributed by atoms with E-state index < -0.39 is 59.8 Å². The number of esters is 1. The lowest BCUT2D eigenvalue weighted by molar-refractivity contribution is -0.301. The molecule has 1 saturated heterocycles. The van der Waals surface area contributed by atoms with Crippen molar-refractivity contribution in [3.05, 3.63) is 85.1 Å². The predicted octanol–water partition coefficient (Wildman–Crippen LogP) is 10.1. The fourth-order valence-electron chi connectivity index (χ4n) is 6.50. The molecule has 1 aliphatic rings. The monoisotopic (exact) mass is 895 g/mol. The van der Waals surface area contributed by atoms with E-state index in [4.69, 9.17) is 23.5 Å². The fourth-order valence-corrected chi connectivity index (χ4v) is 7.01. The first-order chi connectivity index (χ1) is 30.1. The quantitative estimate of drug-likeness (QED) is 0.0199. The summed E-state index contributed by atoms with van der Waals surface area (Å²) in [6, 6.07) is 0. The minimum atomic E-state index is -5.07. The standard InChI is InChI=1S/C49H82O12S/c1-3-5-7-9-11-13-15-17-18-19-20-21-22-23-24-25-27-29-31-33-35-37-39-57-41-43(42-58-49-47(53)48(61-62(54,55)56)46(52)44(40-50)60-49)59-45(51)38-36-34-32-30-28-26-16-14-12-10-8-6-4-2/h5,7-8,10-11,13-14,16-18,20-21,23-24,43-44,46-50,52-53H,3-4,6,9,12,15,19,22,25-42H2,1-2H3,(H,54,55,56)/b7-5-,10-8-,13-11-,16-14-,18-17-,21-20-,24-23-. The van der Waals surface area contributed by atoms with Crippen LogP contribution in [-0.4, -0.2) is 97.5 Å². The lowest BCUT2D eigenvalue weighted by Crippen LogP contribution is -2.60. The van der Waals surface area contributed by atoms with Crippen LogP contribution in [0.15, 0.2) is 85.1 Å². The van der Waals surface area contributed by atoms with Crippen LogP contribution in [0.4, 0.5) is 0 Å². The van der Waals surface area contributed by atoms with E-state index in [1.54, 1.807) is 0 Å². The van der Waals surface area contributed by atoms with Gasteiger partial charge in [0, 0.05) is 13.0 Å². The zero-order valence-electron chi connectivity index (χ0n) is 37.9. The van der Waals surface area contributed by atoms with Crippen molar-refractivity contribution < 1.29 is 56.2 Å². The Kier molecular flexibility index (Phi) is 36.8. The zero-order chi connectivity index (χ0) is 45.4. The first-order valence-corrected chi connectivity index (χ1v) is 24.7. The van der Waals surface area contributed by atoms with E-state index in [1.165, 1.54) is 6.42 Å². The Morgan fingerprint density at radius 1 is 0.629 bits per heavy atom. The molecule has 0 spiro atoms. The molecule has 0 aliphatic carbocycles. The van der Waals surface area contributed by atoms with Crippen molar-refractivity contribution in [1.29, 1.82) is 0 Å². The summed E-state index contributed by atoms with van der Waals surface area (Å²) < 4.78 is 59.0. The summed E-state index contributed by atoms with van der Waals surface area (Å²) in [6.07, 6.45) is 43.3. The molecule has 1 heterocycles. The minimum absolute atomic E-state index is 0.0146. The van der Waals surface area contributed by atoms with Crippen molar-refractivity contribution >= 4 is 16.4 Å². The Balaban J connectivity index is 2.41. The smallest absolute Gasteiger partial charge is 0.397 e. The van der Waals surface area contributed by atoms with Crippen LogP contribution in [0, 0.1) is 0 Å². The number of allylic oxidation sites excluding steroid dienone is 14. The number of carbonyl (C=O) groups excluding carboxylic acids is 1. The molecule has 0 aromatic carbocycles. The molecule has 6 unspecified atom stereocenters. The van der Waals surface area contributed by atoms with Crippen LogP contribution in [0.3, 0.4) is 0 Å². The van der Waals surface area contributed by atoms with Gasteiger partial charge in [-0.15, -0.1) is 0 Å². The molecule has 1 aliphatic heterocycles. The molecule has 13 heteroatoms. The third-order valence-electron chi connectivity index (χ3n) is 9.98. The number of aliphatic hydroxyl groups excluding tert-OH is 3. The Morgan fingerprint density at radius 2 is 1.11 bits per heavy atom. The van der Waals surface area contributed by atoms with Crippen LogP contribution in [0.1, 0.15) is 155 Å². The van der Waals surface area contributed by atoms with E-state index in [9.17, 15) is 28.5 Å². The van der Waals surface area contributed by atoms with E-state index in [0.29, 0.717) is 13.0 Å². The minimum Gasteiger partial charge on any atom is -0.457 e. The number of ether oxygens (including phenoxy) is 4. The number of hydrogen-bond donors (Lipinski definition) is 4. The van der Waals surface area contributed by atoms with Gasteiger partial charge in [-0.2, -0.15) is 8.42 Å². The van der Waals surface area contributed by atoms with Gasteiger partial charge in [-0.1, -0.05) is 150 Å². The highest BCUT2D eigenvalue weighted by Crippen LogP contribution is 2.26. The first-order valence-electron chi connectivity index (χ1n) is 23.3. The second kappa shape index (κ2) is 39.8. The molecule has 12 nitrogen and oxygen atoms in total. The van der Waals surface area contributed by atoms with Crippen molar-refractivity contribution in [2.24, 2.45) is 0 Å². The lowest BCUT2D eigenvalue weighted by atomic mass is 9.99. The molecule has 0 amide bonds. The van der Waals surface area contributed by atoms with E-state index in [0.717, 1.165) is 122 Å². The third-order valence-corrected chi connectivity index (χ3v) is 10.4. The average molecular weight is 895 g/mol. The fraction of sp³-hybridized carbons (Fsp3) is 0.694. The highest BCUT2D eigenvalue weighted by molar-refractivity contribution is 7.80. The Labute approximate surface area is 374 Å². The molecule has 1 fully saturated rings. The van der Waals surface area contributed by atoms with Gasteiger partial charge in [0.2, 0.25) is 0 Å². The molecule has 62 heavy (non-hydrogen) atoms. The second-order valence-electron chi connectivity index (χ2n) is 15.6. The summed E-state index contributed by atoms with van der Waals surface area (Å²) in [4.78, 5) is 12.8. The summed E-state index contributed by atoms with van der Waals surface area (Å²) in [6.45, 7) is 3.73. The maximum absolute atomic E-state index is 12.8. The lowest BCUT2D eigenvalue weighted by Gasteiger charge is -2.41. The van der Waals surface area contributed by atoms with Crippen molar-refractivity contribution in [2.45, 2.75) is 192 Å². The Hall–Kier alpha value is -2.72. The second-order valence-corrected chi connectivity index (χ2v) is 16.7. The number of hydrogen-bond acceptors (Lipinski definition) is 11. The van der Waals surface area contributed by atoms with Gasteiger partial charge >= 0.3 is 16.4 Å².